The molecule has 0 amide bonds. The molecule has 0 saturated carbocycles. The number of guanidine groups is 1. The molecule has 1 aromatic heterocycles. The monoisotopic (exact) mass is 422 g/mol. The molecule has 7 heteroatoms. The van der Waals surface area contributed by atoms with Crippen LogP contribution in [0.3, 0.4) is 0 Å². The summed E-state index contributed by atoms with van der Waals surface area (Å²) in [5.74, 6) is 1.15. The summed E-state index contributed by atoms with van der Waals surface area (Å²) in [7, 11) is 3.67. The quantitative estimate of drug-likeness (QED) is 0.551. The molecule has 0 spiro atoms. The fourth-order valence-corrected chi connectivity index (χ4v) is 3.97. The van der Waals surface area contributed by atoms with Crippen LogP contribution >= 0.6 is 23.2 Å². The third kappa shape index (κ3) is 5.02. The van der Waals surface area contributed by atoms with E-state index in [0.29, 0.717) is 22.6 Å². The summed E-state index contributed by atoms with van der Waals surface area (Å²) in [6.45, 7) is 4.31. The van der Waals surface area contributed by atoms with E-state index < -0.39 is 0 Å². The van der Waals surface area contributed by atoms with Crippen LogP contribution in [0.25, 0.3) is 0 Å². The Kier molecular flexibility index (Phi) is 7.27. The van der Waals surface area contributed by atoms with Crippen molar-refractivity contribution in [2.24, 2.45) is 18.0 Å². The molecular formula is C21H28Cl2N4O. The van der Waals surface area contributed by atoms with E-state index in [1.165, 1.54) is 11.1 Å². The number of hydrogen-bond acceptors (Lipinski definition) is 2. The van der Waals surface area contributed by atoms with E-state index in [4.69, 9.17) is 27.9 Å². The van der Waals surface area contributed by atoms with E-state index in [-0.39, 0.29) is 6.10 Å². The van der Waals surface area contributed by atoms with Gasteiger partial charge >= 0.3 is 0 Å². The highest BCUT2D eigenvalue weighted by molar-refractivity contribution is 6.41. The normalized spacial score (nSPS) is 20.2. The van der Waals surface area contributed by atoms with Crippen molar-refractivity contribution in [1.82, 2.24) is 15.2 Å². The van der Waals surface area contributed by atoms with Gasteiger partial charge in [0.15, 0.2) is 5.96 Å². The lowest BCUT2D eigenvalue weighted by Crippen LogP contribution is -2.41. The SMILES string of the molecule is CN=C(NCc1cc(Cl)c(Cl)n1C)NCC1CCCOC1c1ccc(C)cc1. The van der Waals surface area contributed by atoms with Gasteiger partial charge in [-0.1, -0.05) is 53.0 Å². The lowest BCUT2D eigenvalue weighted by molar-refractivity contribution is -0.0265. The first kappa shape index (κ1) is 21.0. The number of aromatic nitrogens is 1. The Morgan fingerprint density at radius 3 is 2.64 bits per heavy atom. The van der Waals surface area contributed by atoms with E-state index in [9.17, 15) is 0 Å². The van der Waals surface area contributed by atoms with Crippen molar-refractivity contribution in [2.45, 2.75) is 32.4 Å². The fourth-order valence-electron chi connectivity index (χ4n) is 3.56. The molecule has 5 nitrogen and oxygen atoms in total. The maximum absolute atomic E-state index is 6.14. The van der Waals surface area contributed by atoms with Crippen LogP contribution in [0.4, 0.5) is 0 Å². The average Bonchev–Trinajstić information content (AvgIpc) is 2.96. The van der Waals surface area contributed by atoms with Crippen LogP contribution in [0.1, 0.15) is 35.8 Å². The van der Waals surface area contributed by atoms with Crippen molar-refractivity contribution in [3.63, 3.8) is 0 Å². The van der Waals surface area contributed by atoms with Crippen LogP contribution in [-0.2, 0) is 18.3 Å². The number of ether oxygens (including phenoxy) is 1. The molecule has 1 aliphatic rings. The van der Waals surface area contributed by atoms with Crippen LogP contribution in [0, 0.1) is 12.8 Å². The second-order valence-corrected chi connectivity index (χ2v) is 8.01. The van der Waals surface area contributed by atoms with Gasteiger partial charge in [-0.15, -0.1) is 0 Å². The molecule has 0 radical (unpaired) electrons. The van der Waals surface area contributed by atoms with Crippen LogP contribution < -0.4 is 10.6 Å². The Balaban J connectivity index is 1.58. The lowest BCUT2D eigenvalue weighted by atomic mass is 9.89. The third-order valence-corrected chi connectivity index (χ3v) is 6.10. The predicted molar refractivity (Wildman–Crippen MR) is 116 cm³/mol. The Bertz CT molecular complexity index is 817. The molecule has 2 atom stereocenters. The van der Waals surface area contributed by atoms with E-state index in [0.717, 1.165) is 37.6 Å². The number of hydrogen-bond donors (Lipinski definition) is 2. The minimum absolute atomic E-state index is 0.116. The fraction of sp³-hybridized carbons (Fsp3) is 0.476. The van der Waals surface area contributed by atoms with Gasteiger partial charge < -0.3 is 19.9 Å². The smallest absolute Gasteiger partial charge is 0.191 e. The molecule has 2 heterocycles. The van der Waals surface area contributed by atoms with Crippen molar-refractivity contribution in [3.8, 4) is 0 Å². The van der Waals surface area contributed by atoms with Crippen LogP contribution in [-0.4, -0.2) is 30.7 Å². The van der Waals surface area contributed by atoms with E-state index in [1.54, 1.807) is 7.05 Å². The van der Waals surface area contributed by atoms with Gasteiger partial charge in [-0.3, -0.25) is 4.99 Å². The predicted octanol–water partition coefficient (Wildman–Crippen LogP) is 4.47. The van der Waals surface area contributed by atoms with E-state index in [2.05, 4.69) is 46.8 Å². The molecule has 0 aliphatic carbocycles. The molecule has 3 rings (SSSR count). The number of nitrogens with one attached hydrogen (secondary N) is 2. The molecule has 1 saturated heterocycles. The van der Waals surface area contributed by atoms with Crippen molar-refractivity contribution >= 4 is 29.2 Å². The maximum Gasteiger partial charge on any atom is 0.191 e. The first-order valence-electron chi connectivity index (χ1n) is 9.62. The third-order valence-electron chi connectivity index (χ3n) is 5.26. The highest BCUT2D eigenvalue weighted by Gasteiger charge is 2.27. The van der Waals surface area contributed by atoms with Crippen molar-refractivity contribution in [2.75, 3.05) is 20.2 Å². The second kappa shape index (κ2) is 9.68. The summed E-state index contributed by atoms with van der Waals surface area (Å²) in [5, 5.41) is 7.88. The zero-order chi connectivity index (χ0) is 20.1. The van der Waals surface area contributed by atoms with Gasteiger partial charge in [0.25, 0.3) is 0 Å². The minimum atomic E-state index is 0.116. The Labute approximate surface area is 177 Å². The zero-order valence-corrected chi connectivity index (χ0v) is 18.1. The lowest BCUT2D eigenvalue weighted by Gasteiger charge is -2.32. The number of nitrogens with zero attached hydrogens (tertiary/aromatic N) is 2. The number of rotatable bonds is 5. The second-order valence-electron chi connectivity index (χ2n) is 7.24. The minimum Gasteiger partial charge on any atom is -0.373 e. The molecule has 1 fully saturated rings. The highest BCUT2D eigenvalue weighted by Crippen LogP contribution is 2.33. The van der Waals surface area contributed by atoms with Crippen LogP contribution in [0.5, 0.6) is 0 Å². The number of benzene rings is 1. The van der Waals surface area contributed by atoms with E-state index >= 15 is 0 Å². The van der Waals surface area contributed by atoms with Gasteiger partial charge in [0.2, 0.25) is 0 Å². The average molecular weight is 423 g/mol. The molecule has 2 N–H and O–H groups in total. The van der Waals surface area contributed by atoms with Gasteiger partial charge in [-0.25, -0.2) is 0 Å². The van der Waals surface area contributed by atoms with Crippen molar-refractivity contribution in [1.29, 1.82) is 0 Å². The number of aryl methyl sites for hydroxylation is 1. The first-order chi connectivity index (χ1) is 13.5. The van der Waals surface area contributed by atoms with Crippen LogP contribution in [0.15, 0.2) is 35.3 Å². The largest absolute Gasteiger partial charge is 0.373 e. The van der Waals surface area contributed by atoms with Gasteiger partial charge in [0.05, 0.1) is 17.7 Å². The molecule has 152 valence electrons. The van der Waals surface area contributed by atoms with Crippen LogP contribution in [0.2, 0.25) is 10.2 Å². The first-order valence-corrected chi connectivity index (χ1v) is 10.4. The molecule has 2 aromatic rings. The van der Waals surface area contributed by atoms with Gasteiger partial charge in [0.1, 0.15) is 5.15 Å². The zero-order valence-electron chi connectivity index (χ0n) is 16.6. The Hall–Kier alpha value is -1.69. The van der Waals surface area contributed by atoms with Crippen molar-refractivity contribution in [3.05, 3.63) is 57.3 Å². The highest BCUT2D eigenvalue weighted by atomic mass is 35.5. The van der Waals surface area contributed by atoms with E-state index in [1.807, 2.05) is 17.7 Å². The van der Waals surface area contributed by atoms with Gasteiger partial charge in [-0.05, 0) is 31.4 Å². The molecule has 1 aromatic carbocycles. The maximum atomic E-state index is 6.14. The topological polar surface area (TPSA) is 50.6 Å². The van der Waals surface area contributed by atoms with Crippen molar-refractivity contribution < 1.29 is 4.74 Å². The summed E-state index contributed by atoms with van der Waals surface area (Å²) in [6.07, 6.45) is 2.33. The molecule has 0 bridgehead atoms. The number of aliphatic imine (C=N–C) groups is 1. The molecule has 1 aliphatic heterocycles. The summed E-state index contributed by atoms with van der Waals surface area (Å²) in [6, 6.07) is 10.5. The summed E-state index contributed by atoms with van der Waals surface area (Å²) in [4.78, 5) is 4.33. The summed E-state index contributed by atoms with van der Waals surface area (Å²) >= 11 is 12.2. The summed E-state index contributed by atoms with van der Waals surface area (Å²) in [5.41, 5.74) is 3.50. The number of halogens is 2. The Morgan fingerprint density at radius 2 is 2.00 bits per heavy atom. The Morgan fingerprint density at radius 1 is 1.25 bits per heavy atom. The summed E-state index contributed by atoms with van der Waals surface area (Å²) < 4.78 is 7.98. The standard InChI is InChI=1S/C21H28Cl2N4O/c1-14-6-8-15(9-7-14)19-16(5-4-10-28-19)12-25-21(24-2)26-13-17-11-18(22)20(23)27(17)3/h6-9,11,16,19H,4-5,10,12-13H2,1-3H3,(H2,24,25,26). The van der Waals surface area contributed by atoms with Gasteiger partial charge in [-0.2, -0.15) is 0 Å². The molecule has 2 unspecified atom stereocenters. The van der Waals surface area contributed by atoms with Gasteiger partial charge in [0, 0.05) is 38.9 Å². The molecular weight excluding hydrogens is 395 g/mol. The molecule has 28 heavy (non-hydrogen) atoms.